The molecule has 2 heterocycles. The molecule has 0 radical (unpaired) electrons. The van der Waals surface area contributed by atoms with Crippen LogP contribution in [0.1, 0.15) is 31.0 Å². The number of nitrogens with zero attached hydrogens (tertiary/aromatic N) is 4. The van der Waals surface area contributed by atoms with Crippen LogP contribution in [-0.2, 0) is 0 Å². The minimum absolute atomic E-state index is 0.356. The highest BCUT2D eigenvalue weighted by atomic mass is 15.4. The molecular formula is C20H27N5. The quantitative estimate of drug-likeness (QED) is 0.688. The van der Waals surface area contributed by atoms with Crippen LogP contribution in [0.25, 0.3) is 0 Å². The Bertz CT molecular complexity index is 730. The van der Waals surface area contributed by atoms with Gasteiger partial charge in [0, 0.05) is 49.3 Å². The van der Waals surface area contributed by atoms with E-state index in [2.05, 4.69) is 40.2 Å². The zero-order chi connectivity index (χ0) is 17.8. The van der Waals surface area contributed by atoms with E-state index in [1.165, 1.54) is 5.69 Å². The fraction of sp³-hybridized carbons (Fsp3) is 0.400. The summed E-state index contributed by atoms with van der Waals surface area (Å²) in [7, 11) is 1.98. The highest BCUT2D eigenvalue weighted by molar-refractivity contribution is 6.00. The smallest absolute Gasteiger partial charge is 0.0669 e. The lowest BCUT2D eigenvalue weighted by molar-refractivity contribution is 0.501. The molecule has 1 aromatic heterocycles. The molecule has 0 atom stereocenters. The Balaban J connectivity index is 1.71. The van der Waals surface area contributed by atoms with Crippen molar-refractivity contribution in [2.75, 3.05) is 30.0 Å². The third-order valence-corrected chi connectivity index (χ3v) is 4.82. The van der Waals surface area contributed by atoms with Gasteiger partial charge in [-0.15, -0.1) is 0 Å². The lowest BCUT2D eigenvalue weighted by Crippen LogP contribution is -2.39. The van der Waals surface area contributed by atoms with Crippen molar-refractivity contribution in [3.05, 3.63) is 53.9 Å². The summed E-state index contributed by atoms with van der Waals surface area (Å²) in [5, 5.41) is 6.62. The van der Waals surface area contributed by atoms with Gasteiger partial charge in [-0.3, -0.25) is 9.99 Å². The van der Waals surface area contributed by atoms with Crippen LogP contribution < -0.4 is 15.6 Å². The molecule has 2 N–H and O–H groups in total. The number of anilines is 2. The van der Waals surface area contributed by atoms with Crippen molar-refractivity contribution in [3.63, 3.8) is 0 Å². The fourth-order valence-electron chi connectivity index (χ4n) is 3.24. The normalized spacial score (nSPS) is 16.2. The molecule has 0 spiro atoms. The Kier molecular flexibility index (Phi) is 5.34. The number of nitrogens with two attached hydrogens (primary N) is 1. The second-order valence-electron chi connectivity index (χ2n) is 6.69. The van der Waals surface area contributed by atoms with Crippen LogP contribution in [0.3, 0.4) is 0 Å². The first-order chi connectivity index (χ1) is 12.0. The van der Waals surface area contributed by atoms with Gasteiger partial charge < -0.3 is 10.6 Å². The van der Waals surface area contributed by atoms with Gasteiger partial charge in [-0.25, -0.2) is 0 Å². The van der Waals surface area contributed by atoms with E-state index in [-0.39, 0.29) is 0 Å². The third kappa shape index (κ3) is 4.17. The summed E-state index contributed by atoms with van der Waals surface area (Å²) in [6.07, 6.45) is 3.94. The Hall–Kier alpha value is -2.40. The average Bonchev–Trinajstić information content (AvgIpc) is 2.63. The van der Waals surface area contributed by atoms with Crippen LogP contribution in [0.4, 0.5) is 11.4 Å². The van der Waals surface area contributed by atoms with Gasteiger partial charge in [0.1, 0.15) is 0 Å². The highest BCUT2D eigenvalue weighted by Crippen LogP contribution is 2.23. The molecule has 1 saturated heterocycles. The van der Waals surface area contributed by atoms with Gasteiger partial charge in [-0.2, -0.15) is 5.10 Å². The van der Waals surface area contributed by atoms with Crippen LogP contribution in [0.5, 0.6) is 0 Å². The van der Waals surface area contributed by atoms with Crippen molar-refractivity contribution in [3.8, 4) is 0 Å². The third-order valence-electron chi connectivity index (χ3n) is 4.82. The number of aryl methyl sites for hydroxylation is 1. The molecule has 132 valence electrons. The van der Waals surface area contributed by atoms with E-state index in [1.54, 1.807) is 0 Å². The van der Waals surface area contributed by atoms with Crippen LogP contribution >= 0.6 is 0 Å². The van der Waals surface area contributed by atoms with Crippen molar-refractivity contribution < 1.29 is 0 Å². The van der Waals surface area contributed by atoms with Crippen molar-refractivity contribution >= 4 is 17.1 Å². The number of hydrazone groups is 1. The number of hydrogen-bond donors (Lipinski definition) is 1. The predicted molar refractivity (Wildman–Crippen MR) is 105 cm³/mol. The Morgan fingerprint density at radius 2 is 1.88 bits per heavy atom. The number of pyridine rings is 1. The first-order valence-corrected chi connectivity index (χ1v) is 8.86. The molecule has 2 aromatic rings. The van der Waals surface area contributed by atoms with Crippen LogP contribution in [0.15, 0.2) is 47.7 Å². The van der Waals surface area contributed by atoms with Gasteiger partial charge >= 0.3 is 0 Å². The molecule has 0 amide bonds. The van der Waals surface area contributed by atoms with E-state index in [0.717, 1.165) is 48.6 Å². The Labute approximate surface area is 150 Å². The zero-order valence-corrected chi connectivity index (χ0v) is 15.3. The van der Waals surface area contributed by atoms with Crippen molar-refractivity contribution in [2.45, 2.75) is 32.7 Å². The number of hydrogen-bond acceptors (Lipinski definition) is 5. The van der Waals surface area contributed by atoms with E-state index < -0.39 is 0 Å². The van der Waals surface area contributed by atoms with E-state index >= 15 is 0 Å². The molecule has 1 aromatic carbocycles. The van der Waals surface area contributed by atoms with Gasteiger partial charge in [0.25, 0.3) is 0 Å². The lowest BCUT2D eigenvalue weighted by Gasteiger charge is -2.32. The molecule has 5 heteroatoms. The van der Waals surface area contributed by atoms with Gasteiger partial charge in [0.2, 0.25) is 0 Å². The van der Waals surface area contributed by atoms with Crippen LogP contribution in [0.2, 0.25) is 0 Å². The molecule has 1 aliphatic rings. The summed E-state index contributed by atoms with van der Waals surface area (Å²) in [5.41, 5.74) is 11.4. The second-order valence-corrected chi connectivity index (χ2v) is 6.69. The first kappa shape index (κ1) is 17.4. The van der Waals surface area contributed by atoms with Crippen molar-refractivity contribution in [2.24, 2.45) is 10.8 Å². The summed E-state index contributed by atoms with van der Waals surface area (Å²) in [6, 6.07) is 12.9. The molecule has 25 heavy (non-hydrogen) atoms. The molecule has 0 bridgehead atoms. The van der Waals surface area contributed by atoms with Crippen LogP contribution in [-0.4, -0.2) is 36.9 Å². The number of aromatic nitrogens is 1. The molecule has 1 aliphatic heterocycles. The first-order valence-electron chi connectivity index (χ1n) is 8.86. The van der Waals surface area contributed by atoms with E-state index in [1.807, 2.05) is 38.2 Å². The fourth-order valence-corrected chi connectivity index (χ4v) is 3.24. The van der Waals surface area contributed by atoms with E-state index in [4.69, 9.17) is 10.8 Å². The maximum Gasteiger partial charge on any atom is 0.0669 e. The largest absolute Gasteiger partial charge is 0.371 e. The SMILES string of the molecule is C/C(=N\N(C)c1ccc(N2CCC(N)CC2)cc1)c1cccnc1C. The summed E-state index contributed by atoms with van der Waals surface area (Å²) in [4.78, 5) is 6.74. The van der Waals surface area contributed by atoms with E-state index in [0.29, 0.717) is 6.04 Å². The molecule has 0 saturated carbocycles. The standard InChI is InChI=1S/C20H27N5/c1-15-20(5-4-12-22-15)16(2)23-24(3)18-6-8-19(9-7-18)25-13-10-17(21)11-14-25/h4-9,12,17H,10-11,13-14,21H2,1-3H3/b23-16+. The Morgan fingerprint density at radius 1 is 1.20 bits per heavy atom. The van der Waals surface area contributed by atoms with Crippen molar-refractivity contribution in [1.29, 1.82) is 0 Å². The molecule has 0 unspecified atom stereocenters. The minimum Gasteiger partial charge on any atom is -0.371 e. The van der Waals surface area contributed by atoms with Gasteiger partial charge in [0.15, 0.2) is 0 Å². The summed E-state index contributed by atoms with van der Waals surface area (Å²) >= 11 is 0. The summed E-state index contributed by atoms with van der Waals surface area (Å²) in [5.74, 6) is 0. The molecule has 1 fully saturated rings. The highest BCUT2D eigenvalue weighted by Gasteiger charge is 2.16. The molecule has 3 rings (SSSR count). The zero-order valence-electron chi connectivity index (χ0n) is 15.3. The minimum atomic E-state index is 0.356. The maximum atomic E-state index is 5.99. The van der Waals surface area contributed by atoms with E-state index in [9.17, 15) is 0 Å². The summed E-state index contributed by atoms with van der Waals surface area (Å²) < 4.78 is 0. The predicted octanol–water partition coefficient (Wildman–Crippen LogP) is 3.18. The van der Waals surface area contributed by atoms with Gasteiger partial charge in [0.05, 0.1) is 11.4 Å². The summed E-state index contributed by atoms with van der Waals surface area (Å²) in [6.45, 7) is 6.10. The number of benzene rings is 1. The van der Waals surface area contributed by atoms with Gasteiger partial charge in [-0.05, 0) is 63.1 Å². The molecule has 0 aliphatic carbocycles. The molecule has 5 nitrogen and oxygen atoms in total. The topological polar surface area (TPSA) is 57.8 Å². The van der Waals surface area contributed by atoms with Gasteiger partial charge in [-0.1, -0.05) is 0 Å². The number of piperidine rings is 1. The second kappa shape index (κ2) is 7.66. The monoisotopic (exact) mass is 337 g/mol. The number of rotatable bonds is 4. The average molecular weight is 337 g/mol. The van der Waals surface area contributed by atoms with Crippen LogP contribution in [0, 0.1) is 6.92 Å². The molecular weight excluding hydrogens is 310 g/mol. The van der Waals surface area contributed by atoms with Crippen molar-refractivity contribution in [1.82, 2.24) is 4.98 Å². The lowest BCUT2D eigenvalue weighted by atomic mass is 10.1. The Morgan fingerprint density at radius 3 is 2.52 bits per heavy atom. The maximum absolute atomic E-state index is 5.99.